The lowest BCUT2D eigenvalue weighted by atomic mass is 10.0. The molecule has 142 valence electrons. The second-order valence-electron chi connectivity index (χ2n) is 4.82. The van der Waals surface area contributed by atoms with Crippen molar-refractivity contribution in [2.75, 3.05) is 13.0 Å². The van der Waals surface area contributed by atoms with E-state index in [1.54, 1.807) is 0 Å². The highest BCUT2D eigenvalue weighted by atomic mass is 19.2. The Balaban J connectivity index is 2.53. The van der Waals surface area contributed by atoms with Crippen molar-refractivity contribution < 1.29 is 48.5 Å². The summed E-state index contributed by atoms with van der Waals surface area (Å²) < 4.78 is 210. The van der Waals surface area contributed by atoms with Crippen LogP contribution < -0.4 is 5.69 Å². The highest BCUT2D eigenvalue weighted by molar-refractivity contribution is 5.77. The van der Waals surface area contributed by atoms with E-state index in [4.69, 9.17) is 30.2 Å². The number of hydrogen-bond acceptors (Lipinski definition) is 3. The van der Waals surface area contributed by atoms with Crippen LogP contribution in [0.3, 0.4) is 0 Å². The number of piperidine rings is 1. The molecular weight excluding hydrogens is 344 g/mol. The second-order valence-corrected chi connectivity index (χ2v) is 4.82. The number of halogens is 2. The lowest BCUT2D eigenvalue weighted by Crippen LogP contribution is -2.43. The zero-order chi connectivity index (χ0) is 38.1. The van der Waals surface area contributed by atoms with Crippen LogP contribution in [0.2, 0.25) is 1.41 Å². The van der Waals surface area contributed by atoms with Crippen LogP contribution in [0.4, 0.5) is 13.6 Å². The van der Waals surface area contributed by atoms with Crippen molar-refractivity contribution in [2.24, 2.45) is 0 Å². The smallest absolute Gasteiger partial charge is 0.410 e. The summed E-state index contributed by atoms with van der Waals surface area (Å²) >= 11 is 0. The van der Waals surface area contributed by atoms with Gasteiger partial charge in [0.2, 0.25) is 0 Å². The molecular formula is C18H23F2N3O3. The van der Waals surface area contributed by atoms with Crippen LogP contribution in [0, 0.1) is 18.5 Å². The molecule has 1 aliphatic rings. The van der Waals surface area contributed by atoms with Crippen LogP contribution in [0.1, 0.15) is 73.7 Å². The number of nitrogens with zero attached hydrogens (tertiary/aromatic N) is 2. The number of hydrogen-bond donors (Lipinski definition) is 1. The Morgan fingerprint density at radius 1 is 1.50 bits per heavy atom. The van der Waals surface area contributed by atoms with E-state index in [0.29, 0.717) is 0 Å². The summed E-state index contributed by atoms with van der Waals surface area (Å²) in [5.41, 5.74) is -11.7. The van der Waals surface area contributed by atoms with Crippen LogP contribution >= 0.6 is 0 Å². The van der Waals surface area contributed by atoms with Gasteiger partial charge in [0.05, 0.1) is 8.26 Å². The molecule has 0 aliphatic carbocycles. The molecule has 1 aromatic heterocycles. The molecule has 0 unspecified atom stereocenters. The first-order chi connectivity index (χ1) is 21.0. The number of aromatic nitrogens is 2. The van der Waals surface area contributed by atoms with Gasteiger partial charge in [0, 0.05) is 45.1 Å². The molecule has 0 bridgehead atoms. The van der Waals surface area contributed by atoms with E-state index in [0.717, 1.165) is 0 Å². The second kappa shape index (κ2) is 6.41. The molecule has 0 radical (unpaired) electrons. The molecule has 1 aliphatic heterocycles. The Morgan fingerprint density at radius 3 is 2.85 bits per heavy atom. The van der Waals surface area contributed by atoms with Crippen molar-refractivity contribution in [2.45, 2.75) is 51.8 Å². The van der Waals surface area contributed by atoms with Crippen LogP contribution in [0.15, 0.2) is 10.8 Å². The van der Waals surface area contributed by atoms with Gasteiger partial charge in [-0.2, -0.15) is 0 Å². The van der Waals surface area contributed by atoms with E-state index in [2.05, 4.69) is 4.74 Å². The minimum Gasteiger partial charge on any atom is -0.444 e. The van der Waals surface area contributed by atoms with Gasteiger partial charge >= 0.3 is 11.8 Å². The molecule has 1 N–H and O–H groups in total. The molecule has 1 fully saturated rings. The summed E-state index contributed by atoms with van der Waals surface area (Å²) in [6.45, 7) is -24.4. The summed E-state index contributed by atoms with van der Waals surface area (Å²) in [6, 6.07) is -6.35. The molecule has 2 aromatic rings. The number of rotatable bonds is 1. The Kier molecular flexibility index (Phi) is 1.31. The number of ether oxygens (including phenoxy) is 1. The normalized spacial score (nSPS) is 39.3. The van der Waals surface area contributed by atoms with Gasteiger partial charge in [-0.3, -0.25) is 4.57 Å². The van der Waals surface area contributed by atoms with Crippen molar-refractivity contribution in [1.29, 1.82) is 0 Å². The van der Waals surface area contributed by atoms with Crippen molar-refractivity contribution in [3.63, 3.8) is 0 Å². The van der Waals surface area contributed by atoms with E-state index in [1.807, 2.05) is 0 Å². The van der Waals surface area contributed by atoms with Gasteiger partial charge in [-0.05, 0) is 51.8 Å². The van der Waals surface area contributed by atoms with Crippen LogP contribution in [-0.4, -0.2) is 39.1 Å². The van der Waals surface area contributed by atoms with E-state index in [-0.39, 0.29) is 0 Å². The zero-order valence-electron chi connectivity index (χ0n) is 34.4. The van der Waals surface area contributed by atoms with E-state index in [9.17, 15) is 14.0 Å². The molecule has 0 atom stereocenters. The predicted octanol–water partition coefficient (Wildman–Crippen LogP) is 3.49. The van der Waals surface area contributed by atoms with E-state index >= 15 is 4.39 Å². The Labute approximate surface area is 180 Å². The summed E-state index contributed by atoms with van der Waals surface area (Å²) in [5, 5.41) is 0. The van der Waals surface area contributed by atoms with Gasteiger partial charge in [-0.25, -0.2) is 18.4 Å². The van der Waals surface area contributed by atoms with E-state index in [1.165, 1.54) is 0 Å². The quantitative estimate of drug-likeness (QED) is 0.812. The molecule has 0 spiro atoms. The molecule has 0 saturated carbocycles. The van der Waals surface area contributed by atoms with Crippen LogP contribution in [-0.2, 0) is 4.74 Å². The maximum atomic E-state index is 15.2. The Morgan fingerprint density at radius 2 is 2.23 bits per heavy atom. The van der Waals surface area contributed by atoms with Gasteiger partial charge in [0.1, 0.15) is 11.1 Å². The lowest BCUT2D eigenvalue weighted by molar-refractivity contribution is 0.0189. The SMILES string of the molecule is [2H]c1c(C([2H])([2H])[2H])c(F)c(F)c2c1n(C1([2H])C([2H])([2H])C([2H])([2H])N(C(=O)OC(C([2H])[2H])(C([2H])([2H])[2H])C([2H])([2H])[2H])C([2H])([2H])C1([2H])[2H])c(=O)n2[2H]. The molecule has 8 heteroatoms. The molecule has 1 amide bonds. The van der Waals surface area contributed by atoms with Gasteiger partial charge < -0.3 is 14.6 Å². The maximum absolute atomic E-state index is 15.2. The summed E-state index contributed by atoms with van der Waals surface area (Å²) in [4.78, 5) is 24.9. The van der Waals surface area contributed by atoms with Gasteiger partial charge in [-0.1, -0.05) is 0 Å². The minimum absolute atomic E-state index is 0.674. The topological polar surface area (TPSA) is 67.3 Å². The Hall–Kier alpha value is -2.38. The zero-order valence-corrected chi connectivity index (χ0v) is 12.4. The molecule has 6 nitrogen and oxygen atoms in total. The average molecular weight is 390 g/mol. The molecule has 26 heavy (non-hydrogen) atoms. The highest BCUT2D eigenvalue weighted by Gasteiger charge is 2.29. The number of carbonyl (C=O) groups is 1. The number of imidazole rings is 1. The van der Waals surface area contributed by atoms with E-state index < -0.39 is 125 Å². The predicted molar refractivity (Wildman–Crippen MR) is 93.3 cm³/mol. The third kappa shape index (κ3) is 3.32. The summed E-state index contributed by atoms with van der Waals surface area (Å²) in [5.74, 6) is -4.66. The lowest BCUT2D eigenvalue weighted by Gasteiger charge is -2.33. The number of benzene rings is 1. The number of H-pyrrole nitrogens is 1. The molecule has 2 heterocycles. The largest absolute Gasteiger partial charge is 0.444 e. The molecule has 1 saturated heterocycles. The summed E-state index contributed by atoms with van der Waals surface area (Å²) in [7, 11) is 0. The molecule has 1 aromatic carbocycles. The van der Waals surface area contributed by atoms with Crippen molar-refractivity contribution in [1.82, 2.24) is 14.4 Å². The first-order valence-corrected chi connectivity index (χ1v) is 6.52. The first kappa shape index (κ1) is 5.33. The third-order valence-electron chi connectivity index (χ3n) is 2.94. The standard InChI is InChI=1S/C18H23F2N3O3/c1-10-9-12-15(14(20)13(10)19)21-16(24)23(12)11-5-7-22(8-6-11)17(25)26-18(2,3)4/h9,11H,5-8H2,1-4H3,(H,21,24)/i1D3,2D2,3D3,4D3,5D2,6D2,7D2,8D2,9D,11D/hD. The van der Waals surface area contributed by atoms with Gasteiger partial charge in [-0.15, -0.1) is 0 Å². The fourth-order valence-electron chi connectivity index (χ4n) is 1.93. The summed E-state index contributed by atoms with van der Waals surface area (Å²) in [6.07, 6.45) is -12.1. The van der Waals surface area contributed by atoms with Crippen molar-refractivity contribution in [3.05, 3.63) is 33.7 Å². The number of amides is 1. The minimum atomic E-state index is -4.63. The number of aromatic amines is 1. The van der Waals surface area contributed by atoms with Crippen LogP contribution in [0.25, 0.3) is 11.0 Å². The van der Waals surface area contributed by atoms with Crippen LogP contribution in [0.5, 0.6) is 0 Å². The van der Waals surface area contributed by atoms with Gasteiger partial charge in [0.15, 0.2) is 13.0 Å². The number of likely N-dealkylation sites (tertiary alicyclic amines) is 1. The monoisotopic (exact) mass is 389 g/mol. The fraction of sp³-hybridized carbons (Fsp3) is 0.556. The molecule has 3 rings (SSSR count). The number of carbonyl (C=O) groups excluding carboxylic acids is 1. The number of nitrogens with one attached hydrogen (secondary N) is 1. The average Bonchev–Trinajstić information content (AvgIpc) is 3.12. The third-order valence-corrected chi connectivity index (χ3v) is 2.94. The fourth-order valence-corrected chi connectivity index (χ4v) is 1.93. The van der Waals surface area contributed by atoms with Gasteiger partial charge in [0.25, 0.3) is 0 Å². The Bertz CT molecular complexity index is 1680. The first-order valence-electron chi connectivity index (χ1n) is 17.6. The number of fused-ring (bicyclic) bond motifs is 1. The maximum Gasteiger partial charge on any atom is 0.410 e. The van der Waals surface area contributed by atoms with Crippen molar-refractivity contribution >= 4 is 17.1 Å². The van der Waals surface area contributed by atoms with Crippen molar-refractivity contribution in [3.8, 4) is 0 Å². The highest BCUT2D eigenvalue weighted by Crippen LogP contribution is 2.28.